The summed E-state index contributed by atoms with van der Waals surface area (Å²) in [5, 5.41) is 2.87. The molecule has 2 aromatic carbocycles. The van der Waals surface area contributed by atoms with Gasteiger partial charge in [-0.25, -0.2) is 4.98 Å². The summed E-state index contributed by atoms with van der Waals surface area (Å²) in [5.74, 6) is 1.03. The molecule has 0 spiro atoms. The van der Waals surface area contributed by atoms with Crippen LogP contribution in [0, 0.1) is 0 Å². The fourth-order valence-electron chi connectivity index (χ4n) is 4.61. The molecule has 9 nitrogen and oxygen atoms in total. The summed E-state index contributed by atoms with van der Waals surface area (Å²) < 4.78 is 12.9. The number of anilines is 1. The molecule has 1 N–H and O–H groups in total. The highest BCUT2D eigenvalue weighted by Gasteiger charge is 2.26. The number of carbonyl (C=O) groups is 2. The predicted molar refractivity (Wildman–Crippen MR) is 136 cm³/mol. The summed E-state index contributed by atoms with van der Waals surface area (Å²) in [6.45, 7) is 0.326. The minimum atomic E-state index is -0.321. The third-order valence-corrected chi connectivity index (χ3v) is 6.22. The second kappa shape index (κ2) is 9.79. The lowest BCUT2D eigenvalue weighted by molar-refractivity contribution is -0.119. The molecule has 0 bridgehead atoms. The molecule has 1 atom stereocenters. The number of nitrogens with zero attached hydrogens (tertiary/aromatic N) is 4. The lowest BCUT2D eigenvalue weighted by atomic mass is 10.1. The average Bonchev–Trinajstić information content (AvgIpc) is 3.44. The van der Waals surface area contributed by atoms with Crippen molar-refractivity contribution in [1.82, 2.24) is 19.4 Å². The monoisotopic (exact) mass is 485 g/mol. The molecule has 5 rings (SSSR count). The van der Waals surface area contributed by atoms with Gasteiger partial charge in [-0.05, 0) is 35.9 Å². The standard InChI is InChI=1S/C27H27N5O4/c1-31(15-20-11-17-7-4-5-9-23(17)36-20)27(34)19-12-21(29-24(33)16-35-3)25-22(13-19)30-26(32(25)2)18-8-6-10-28-14-18/h4-10,12-14,20H,11,15-16H2,1-3H3,(H,29,33). The van der Waals surface area contributed by atoms with Crippen molar-refractivity contribution >= 4 is 28.5 Å². The maximum atomic E-state index is 13.5. The zero-order valence-corrected chi connectivity index (χ0v) is 20.4. The van der Waals surface area contributed by atoms with Crippen molar-refractivity contribution in [3.05, 3.63) is 72.1 Å². The van der Waals surface area contributed by atoms with E-state index in [1.807, 2.05) is 48.0 Å². The number of para-hydroxylation sites is 1. The summed E-state index contributed by atoms with van der Waals surface area (Å²) in [6.07, 6.45) is 4.05. The fourth-order valence-corrected chi connectivity index (χ4v) is 4.61. The smallest absolute Gasteiger partial charge is 0.253 e. The molecular weight excluding hydrogens is 458 g/mol. The van der Waals surface area contributed by atoms with E-state index >= 15 is 0 Å². The Morgan fingerprint density at radius 2 is 2.06 bits per heavy atom. The first-order valence-corrected chi connectivity index (χ1v) is 11.6. The minimum absolute atomic E-state index is 0.105. The van der Waals surface area contributed by atoms with Crippen LogP contribution in [0.1, 0.15) is 15.9 Å². The molecule has 2 aromatic heterocycles. The van der Waals surface area contributed by atoms with Crippen LogP contribution in [0.3, 0.4) is 0 Å². The van der Waals surface area contributed by atoms with E-state index in [-0.39, 0.29) is 24.5 Å². The average molecular weight is 486 g/mol. The highest BCUT2D eigenvalue weighted by atomic mass is 16.5. The molecular formula is C27H27N5O4. The number of aromatic nitrogens is 3. The molecule has 3 heterocycles. The highest BCUT2D eigenvalue weighted by molar-refractivity contribution is 6.06. The van der Waals surface area contributed by atoms with E-state index < -0.39 is 0 Å². The number of likely N-dealkylation sites (N-methyl/N-ethyl adjacent to an activating group) is 1. The van der Waals surface area contributed by atoms with Crippen LogP contribution in [-0.2, 0) is 23.0 Å². The lowest BCUT2D eigenvalue weighted by Gasteiger charge is -2.21. The zero-order chi connectivity index (χ0) is 25.2. The summed E-state index contributed by atoms with van der Waals surface area (Å²) >= 11 is 0. The van der Waals surface area contributed by atoms with E-state index in [9.17, 15) is 9.59 Å². The molecule has 1 aliphatic heterocycles. The van der Waals surface area contributed by atoms with Crippen molar-refractivity contribution in [2.45, 2.75) is 12.5 Å². The number of hydrogen-bond acceptors (Lipinski definition) is 6. The number of carbonyl (C=O) groups excluding carboxylic acids is 2. The van der Waals surface area contributed by atoms with Crippen LogP contribution in [-0.4, -0.2) is 64.7 Å². The number of nitrogens with one attached hydrogen (secondary N) is 1. The molecule has 1 aliphatic rings. The van der Waals surface area contributed by atoms with Gasteiger partial charge in [-0.1, -0.05) is 18.2 Å². The van der Waals surface area contributed by atoms with Crippen molar-refractivity contribution in [3.8, 4) is 17.1 Å². The first-order valence-electron chi connectivity index (χ1n) is 11.6. The quantitative estimate of drug-likeness (QED) is 0.431. The van der Waals surface area contributed by atoms with Gasteiger partial charge in [0.2, 0.25) is 5.91 Å². The molecule has 1 unspecified atom stereocenters. The van der Waals surface area contributed by atoms with Crippen molar-refractivity contribution < 1.29 is 19.1 Å². The maximum absolute atomic E-state index is 13.5. The predicted octanol–water partition coefficient (Wildman–Crippen LogP) is 3.30. The third-order valence-electron chi connectivity index (χ3n) is 6.22. The topological polar surface area (TPSA) is 98.6 Å². The van der Waals surface area contributed by atoms with Gasteiger partial charge in [0.15, 0.2) is 0 Å². The van der Waals surface area contributed by atoms with Crippen LogP contribution in [0.2, 0.25) is 0 Å². The number of imidazole rings is 1. The van der Waals surface area contributed by atoms with Gasteiger partial charge < -0.3 is 24.3 Å². The van der Waals surface area contributed by atoms with Crippen molar-refractivity contribution in [2.75, 3.05) is 32.6 Å². The second-order valence-electron chi connectivity index (χ2n) is 8.85. The molecule has 9 heteroatoms. The van der Waals surface area contributed by atoms with Crippen LogP contribution in [0.15, 0.2) is 60.9 Å². The van der Waals surface area contributed by atoms with Gasteiger partial charge in [-0.3, -0.25) is 14.6 Å². The Labute approximate surface area is 208 Å². The van der Waals surface area contributed by atoms with Gasteiger partial charge in [0, 0.05) is 51.1 Å². The molecule has 0 radical (unpaired) electrons. The Bertz CT molecular complexity index is 1410. The van der Waals surface area contributed by atoms with Crippen LogP contribution < -0.4 is 10.1 Å². The summed E-state index contributed by atoms with van der Waals surface area (Å²) in [6, 6.07) is 15.1. The van der Waals surface area contributed by atoms with Crippen LogP contribution >= 0.6 is 0 Å². The molecule has 2 amide bonds. The van der Waals surface area contributed by atoms with Gasteiger partial charge in [0.25, 0.3) is 5.91 Å². The molecule has 36 heavy (non-hydrogen) atoms. The van der Waals surface area contributed by atoms with Crippen LogP contribution in [0.5, 0.6) is 5.75 Å². The fraction of sp³-hybridized carbons (Fsp3) is 0.259. The maximum Gasteiger partial charge on any atom is 0.253 e. The zero-order valence-electron chi connectivity index (χ0n) is 20.4. The van der Waals surface area contributed by atoms with Gasteiger partial charge in [-0.15, -0.1) is 0 Å². The Kier molecular flexibility index (Phi) is 6.39. The van der Waals surface area contributed by atoms with E-state index in [1.165, 1.54) is 7.11 Å². The largest absolute Gasteiger partial charge is 0.488 e. The van der Waals surface area contributed by atoms with Gasteiger partial charge in [0.05, 0.1) is 23.3 Å². The van der Waals surface area contributed by atoms with Crippen LogP contribution in [0.4, 0.5) is 5.69 Å². The van der Waals surface area contributed by atoms with E-state index in [1.54, 1.807) is 36.5 Å². The van der Waals surface area contributed by atoms with E-state index in [0.717, 1.165) is 23.3 Å². The first kappa shape index (κ1) is 23.5. The van der Waals surface area contributed by atoms with Crippen molar-refractivity contribution in [3.63, 3.8) is 0 Å². The van der Waals surface area contributed by atoms with Gasteiger partial charge in [0.1, 0.15) is 24.3 Å². The summed E-state index contributed by atoms with van der Waals surface area (Å²) in [7, 11) is 5.08. The summed E-state index contributed by atoms with van der Waals surface area (Å²) in [4.78, 5) is 36.5. The molecule has 0 saturated carbocycles. The second-order valence-corrected chi connectivity index (χ2v) is 8.85. The molecule has 184 valence electrons. The Morgan fingerprint density at radius 3 is 2.81 bits per heavy atom. The minimum Gasteiger partial charge on any atom is -0.488 e. The number of ether oxygens (including phenoxy) is 2. The van der Waals surface area contributed by atoms with Gasteiger partial charge in [-0.2, -0.15) is 0 Å². The van der Waals surface area contributed by atoms with E-state index in [4.69, 9.17) is 14.5 Å². The number of benzene rings is 2. The molecule has 0 saturated heterocycles. The van der Waals surface area contributed by atoms with E-state index in [0.29, 0.717) is 34.7 Å². The molecule has 0 fully saturated rings. The Balaban J connectivity index is 1.47. The number of methoxy groups -OCH3 is 1. The van der Waals surface area contributed by atoms with Crippen molar-refractivity contribution in [1.29, 1.82) is 0 Å². The highest BCUT2D eigenvalue weighted by Crippen LogP contribution is 2.31. The first-order chi connectivity index (χ1) is 17.4. The molecule has 4 aromatic rings. The summed E-state index contributed by atoms with van der Waals surface area (Å²) in [5.41, 5.74) is 4.17. The number of fused-ring (bicyclic) bond motifs is 2. The number of aryl methyl sites for hydroxylation is 1. The number of pyridine rings is 1. The van der Waals surface area contributed by atoms with Gasteiger partial charge >= 0.3 is 0 Å². The van der Waals surface area contributed by atoms with Crippen LogP contribution in [0.25, 0.3) is 22.4 Å². The Hall–Kier alpha value is -4.24. The Morgan fingerprint density at radius 1 is 1.22 bits per heavy atom. The normalized spacial score (nSPS) is 14.4. The number of rotatable bonds is 7. The van der Waals surface area contributed by atoms with E-state index in [2.05, 4.69) is 10.3 Å². The number of amides is 2. The van der Waals surface area contributed by atoms with Crippen molar-refractivity contribution in [2.24, 2.45) is 7.05 Å². The lowest BCUT2D eigenvalue weighted by Crippen LogP contribution is -2.36. The number of hydrogen-bond donors (Lipinski definition) is 1. The molecule has 0 aliphatic carbocycles. The SMILES string of the molecule is COCC(=O)Nc1cc(C(=O)N(C)CC2Cc3ccccc3O2)cc2nc(-c3cccnc3)n(C)c12. The third kappa shape index (κ3) is 4.52.